The van der Waals surface area contributed by atoms with Crippen LogP contribution in [-0.4, -0.2) is 17.3 Å². The lowest BCUT2D eigenvalue weighted by Gasteiger charge is -2.11. The molecule has 2 rings (SSSR count). The number of aromatic nitrogens is 1. The molecule has 24 heavy (non-hydrogen) atoms. The van der Waals surface area contributed by atoms with Crippen molar-refractivity contribution in [3.8, 4) is 5.75 Å². The summed E-state index contributed by atoms with van der Waals surface area (Å²) in [5.74, 6) is -2.88. The van der Waals surface area contributed by atoms with E-state index in [4.69, 9.17) is 0 Å². The van der Waals surface area contributed by atoms with E-state index < -0.39 is 36.2 Å². The van der Waals surface area contributed by atoms with Gasteiger partial charge in [0.15, 0.2) is 0 Å². The number of nitrogens with zero attached hydrogens (tertiary/aromatic N) is 1. The van der Waals surface area contributed by atoms with Crippen LogP contribution in [-0.2, 0) is 6.54 Å². The third kappa shape index (κ3) is 4.64. The summed E-state index contributed by atoms with van der Waals surface area (Å²) in [6, 6.07) is 3.31. The van der Waals surface area contributed by atoms with Crippen LogP contribution in [0.3, 0.4) is 0 Å². The molecular formula is C15H11F5N2O2. The molecule has 1 aromatic carbocycles. The fourth-order valence-corrected chi connectivity index (χ4v) is 1.77. The van der Waals surface area contributed by atoms with Crippen LogP contribution < -0.4 is 10.1 Å². The number of rotatable bonds is 4. The first-order valence-electron chi connectivity index (χ1n) is 6.60. The molecule has 4 nitrogen and oxygen atoms in total. The maximum absolute atomic E-state index is 13.6. The smallest absolute Gasteiger partial charge is 0.406 e. The summed E-state index contributed by atoms with van der Waals surface area (Å²) < 4.78 is 67.1. The van der Waals surface area contributed by atoms with Crippen LogP contribution in [0.15, 0.2) is 30.5 Å². The molecular weight excluding hydrogens is 335 g/mol. The summed E-state index contributed by atoms with van der Waals surface area (Å²) in [6.07, 6.45) is -3.76. The van der Waals surface area contributed by atoms with Gasteiger partial charge >= 0.3 is 6.36 Å². The zero-order valence-corrected chi connectivity index (χ0v) is 12.2. The Bertz CT molecular complexity index is 762. The lowest BCUT2D eigenvalue weighted by Crippen LogP contribution is -2.24. The van der Waals surface area contributed by atoms with Crippen molar-refractivity contribution in [3.63, 3.8) is 0 Å². The topological polar surface area (TPSA) is 51.2 Å². The number of nitrogens with one attached hydrogen (secondary N) is 1. The number of hydrogen-bond acceptors (Lipinski definition) is 3. The number of carbonyl (C=O) groups excluding carboxylic acids is 1. The van der Waals surface area contributed by atoms with Gasteiger partial charge in [-0.05, 0) is 25.1 Å². The molecule has 0 fully saturated rings. The first kappa shape index (κ1) is 17.6. The minimum Gasteiger partial charge on any atom is -0.406 e. The van der Waals surface area contributed by atoms with Gasteiger partial charge in [0.05, 0.1) is 0 Å². The van der Waals surface area contributed by atoms with Crippen molar-refractivity contribution < 1.29 is 31.5 Å². The molecule has 0 aliphatic carbocycles. The average molecular weight is 346 g/mol. The molecule has 0 spiro atoms. The molecule has 2 aromatic rings. The van der Waals surface area contributed by atoms with Gasteiger partial charge in [-0.1, -0.05) is 0 Å². The number of hydrogen-bond donors (Lipinski definition) is 1. The monoisotopic (exact) mass is 346 g/mol. The van der Waals surface area contributed by atoms with E-state index in [1.807, 2.05) is 0 Å². The van der Waals surface area contributed by atoms with Gasteiger partial charge < -0.3 is 10.1 Å². The molecule has 1 heterocycles. The summed E-state index contributed by atoms with van der Waals surface area (Å²) in [5, 5.41) is 2.25. The Hall–Kier alpha value is -2.71. The molecule has 0 unspecified atom stereocenters. The van der Waals surface area contributed by atoms with Crippen molar-refractivity contribution in [2.24, 2.45) is 0 Å². The molecule has 128 valence electrons. The Balaban J connectivity index is 2.09. The summed E-state index contributed by atoms with van der Waals surface area (Å²) in [7, 11) is 0. The second-order valence-corrected chi connectivity index (χ2v) is 4.80. The standard InChI is InChI=1S/C15H11F5N2O2/c1-8-6-21-13(5-12(8)17)14(23)22-7-9-4-10(2-3-11(9)16)24-15(18,19)20/h2-6H,7H2,1H3,(H,22,23). The van der Waals surface area contributed by atoms with Crippen molar-refractivity contribution in [1.82, 2.24) is 10.3 Å². The maximum Gasteiger partial charge on any atom is 0.573 e. The van der Waals surface area contributed by atoms with E-state index in [0.29, 0.717) is 0 Å². The SMILES string of the molecule is Cc1cnc(C(=O)NCc2cc(OC(F)(F)F)ccc2F)cc1F. The van der Waals surface area contributed by atoms with E-state index in [1.165, 1.54) is 6.92 Å². The van der Waals surface area contributed by atoms with Gasteiger partial charge in [0.1, 0.15) is 23.1 Å². The van der Waals surface area contributed by atoms with Crippen molar-refractivity contribution in [2.75, 3.05) is 0 Å². The van der Waals surface area contributed by atoms with E-state index in [9.17, 15) is 26.7 Å². The first-order chi connectivity index (χ1) is 11.2. The average Bonchev–Trinajstić information content (AvgIpc) is 2.48. The van der Waals surface area contributed by atoms with Crippen LogP contribution >= 0.6 is 0 Å². The molecule has 0 radical (unpaired) electrons. The van der Waals surface area contributed by atoms with Crippen molar-refractivity contribution in [1.29, 1.82) is 0 Å². The van der Waals surface area contributed by atoms with Gasteiger partial charge in [0.25, 0.3) is 5.91 Å². The van der Waals surface area contributed by atoms with E-state index in [1.54, 1.807) is 0 Å². The summed E-state index contributed by atoms with van der Waals surface area (Å²) in [6.45, 7) is 1.04. The molecule has 1 amide bonds. The molecule has 0 saturated carbocycles. The van der Waals surface area contributed by atoms with Gasteiger partial charge in [-0.25, -0.2) is 8.78 Å². The van der Waals surface area contributed by atoms with Crippen LogP contribution in [0.1, 0.15) is 21.6 Å². The maximum atomic E-state index is 13.6. The quantitative estimate of drug-likeness (QED) is 0.862. The summed E-state index contributed by atoms with van der Waals surface area (Å²) >= 11 is 0. The van der Waals surface area contributed by atoms with Gasteiger partial charge in [0.2, 0.25) is 0 Å². The highest BCUT2D eigenvalue weighted by Gasteiger charge is 2.31. The highest BCUT2D eigenvalue weighted by Crippen LogP contribution is 2.24. The Labute approximate surface area is 133 Å². The van der Waals surface area contributed by atoms with Crippen LogP contribution in [0, 0.1) is 18.6 Å². The second kappa shape index (κ2) is 6.81. The van der Waals surface area contributed by atoms with Gasteiger partial charge in [-0.2, -0.15) is 0 Å². The predicted octanol–water partition coefficient (Wildman–Crippen LogP) is 3.50. The molecule has 0 atom stereocenters. The lowest BCUT2D eigenvalue weighted by atomic mass is 10.2. The minimum absolute atomic E-state index is 0.224. The highest BCUT2D eigenvalue weighted by molar-refractivity contribution is 5.92. The number of aryl methyl sites for hydroxylation is 1. The predicted molar refractivity (Wildman–Crippen MR) is 73.2 cm³/mol. The number of halogens is 5. The van der Waals surface area contributed by atoms with E-state index >= 15 is 0 Å². The van der Waals surface area contributed by atoms with Crippen LogP contribution in [0.5, 0.6) is 5.75 Å². The van der Waals surface area contributed by atoms with E-state index in [2.05, 4.69) is 15.0 Å². The third-order valence-corrected chi connectivity index (χ3v) is 2.96. The Morgan fingerprint density at radius 3 is 2.54 bits per heavy atom. The Morgan fingerprint density at radius 1 is 1.21 bits per heavy atom. The van der Waals surface area contributed by atoms with Crippen LogP contribution in [0.4, 0.5) is 22.0 Å². The lowest BCUT2D eigenvalue weighted by molar-refractivity contribution is -0.274. The van der Waals surface area contributed by atoms with Crippen molar-refractivity contribution >= 4 is 5.91 Å². The van der Waals surface area contributed by atoms with Crippen LogP contribution in [0.25, 0.3) is 0 Å². The Morgan fingerprint density at radius 2 is 1.92 bits per heavy atom. The normalized spacial score (nSPS) is 11.2. The molecule has 1 N–H and O–H groups in total. The summed E-state index contributed by atoms with van der Waals surface area (Å²) in [5.41, 5.74) is -0.214. The van der Waals surface area contributed by atoms with Crippen LogP contribution in [0.2, 0.25) is 0 Å². The molecule has 0 saturated heterocycles. The van der Waals surface area contributed by atoms with Crippen molar-refractivity contribution in [3.05, 3.63) is 58.9 Å². The molecule has 0 aliphatic heterocycles. The largest absolute Gasteiger partial charge is 0.573 e. The zero-order chi connectivity index (χ0) is 17.9. The zero-order valence-electron chi connectivity index (χ0n) is 12.2. The number of amides is 1. The number of benzene rings is 1. The number of carbonyl (C=O) groups is 1. The fourth-order valence-electron chi connectivity index (χ4n) is 1.77. The summed E-state index contributed by atoms with van der Waals surface area (Å²) in [4.78, 5) is 15.6. The highest BCUT2D eigenvalue weighted by atomic mass is 19.4. The minimum atomic E-state index is -4.91. The Kier molecular flexibility index (Phi) is 5.01. The van der Waals surface area contributed by atoms with E-state index in [0.717, 1.165) is 30.5 Å². The molecule has 1 aromatic heterocycles. The molecule has 0 bridgehead atoms. The molecule has 0 aliphatic rings. The second-order valence-electron chi connectivity index (χ2n) is 4.80. The third-order valence-electron chi connectivity index (χ3n) is 2.96. The van der Waals surface area contributed by atoms with Gasteiger partial charge in [-0.3, -0.25) is 9.78 Å². The number of pyridine rings is 1. The molecule has 9 heteroatoms. The first-order valence-corrected chi connectivity index (χ1v) is 6.60. The number of ether oxygens (including phenoxy) is 1. The van der Waals surface area contributed by atoms with Gasteiger partial charge in [0, 0.05) is 29.9 Å². The van der Waals surface area contributed by atoms with Crippen molar-refractivity contribution in [2.45, 2.75) is 19.8 Å². The van der Waals surface area contributed by atoms with E-state index in [-0.39, 0.29) is 16.8 Å². The van der Waals surface area contributed by atoms with Gasteiger partial charge in [-0.15, -0.1) is 13.2 Å². The fraction of sp³-hybridized carbons (Fsp3) is 0.200. The number of alkyl halides is 3.